The molecule has 2 heterocycles. The second-order valence-corrected chi connectivity index (χ2v) is 6.03. The molecular formula is C19H27IN4O. The Bertz CT molecular complexity index is 693. The molecule has 1 aromatic heterocycles. The molecule has 5 nitrogen and oxygen atoms in total. The monoisotopic (exact) mass is 454 g/mol. The minimum atomic E-state index is 0. The lowest BCUT2D eigenvalue weighted by molar-refractivity contribution is 0.0263. The van der Waals surface area contributed by atoms with Gasteiger partial charge in [0.15, 0.2) is 5.96 Å². The van der Waals surface area contributed by atoms with Crippen LogP contribution in [0.4, 0.5) is 0 Å². The molecule has 0 unspecified atom stereocenters. The van der Waals surface area contributed by atoms with Gasteiger partial charge in [0.2, 0.25) is 0 Å². The third-order valence-electron chi connectivity index (χ3n) is 4.51. The van der Waals surface area contributed by atoms with E-state index in [0.717, 1.165) is 50.6 Å². The van der Waals surface area contributed by atoms with Crippen molar-refractivity contribution >= 4 is 40.8 Å². The van der Waals surface area contributed by atoms with E-state index in [0.29, 0.717) is 6.10 Å². The molecule has 0 aliphatic carbocycles. The number of halogens is 1. The Morgan fingerprint density at radius 1 is 1.28 bits per heavy atom. The fourth-order valence-corrected chi connectivity index (χ4v) is 3.29. The summed E-state index contributed by atoms with van der Waals surface area (Å²) in [5.74, 6) is 0.956. The summed E-state index contributed by atoms with van der Waals surface area (Å²) >= 11 is 0. The second-order valence-electron chi connectivity index (χ2n) is 6.03. The molecule has 0 spiro atoms. The number of nitrogens with zero attached hydrogens (tertiary/aromatic N) is 3. The van der Waals surface area contributed by atoms with Crippen molar-refractivity contribution < 1.29 is 4.74 Å². The maximum absolute atomic E-state index is 5.73. The van der Waals surface area contributed by atoms with Gasteiger partial charge in [0.1, 0.15) is 0 Å². The Hall–Kier alpha value is -1.41. The van der Waals surface area contributed by atoms with Crippen molar-refractivity contribution in [2.45, 2.75) is 32.4 Å². The van der Waals surface area contributed by atoms with E-state index in [1.165, 1.54) is 10.9 Å². The zero-order chi connectivity index (χ0) is 16.8. The van der Waals surface area contributed by atoms with Crippen molar-refractivity contribution in [1.82, 2.24) is 15.2 Å². The highest BCUT2D eigenvalue weighted by Gasteiger charge is 2.21. The Kier molecular flexibility index (Phi) is 7.90. The Morgan fingerprint density at radius 3 is 2.76 bits per heavy atom. The Morgan fingerprint density at radius 2 is 2.04 bits per heavy atom. The normalized spacial score (nSPS) is 15.9. The number of likely N-dealkylation sites (tertiary alicyclic amines) is 1. The van der Waals surface area contributed by atoms with Gasteiger partial charge in [-0.05, 0) is 31.4 Å². The van der Waals surface area contributed by atoms with Gasteiger partial charge in [0.05, 0.1) is 11.6 Å². The first-order valence-electron chi connectivity index (χ1n) is 8.71. The fourth-order valence-electron chi connectivity index (χ4n) is 3.29. The first-order chi connectivity index (χ1) is 11.8. The van der Waals surface area contributed by atoms with Crippen LogP contribution in [-0.4, -0.2) is 48.7 Å². The number of hydrogen-bond donors (Lipinski definition) is 1. The molecule has 6 heteroatoms. The van der Waals surface area contributed by atoms with Gasteiger partial charge in [-0.1, -0.05) is 24.3 Å². The minimum absolute atomic E-state index is 0. The predicted molar refractivity (Wildman–Crippen MR) is 114 cm³/mol. The van der Waals surface area contributed by atoms with Crippen molar-refractivity contribution in [3.05, 3.63) is 42.1 Å². The van der Waals surface area contributed by atoms with E-state index in [1.807, 2.05) is 19.3 Å². The lowest BCUT2D eigenvalue weighted by Crippen LogP contribution is -2.46. The first kappa shape index (κ1) is 19.9. The lowest BCUT2D eigenvalue weighted by Gasteiger charge is -2.34. The van der Waals surface area contributed by atoms with E-state index in [1.54, 1.807) is 0 Å². The molecule has 0 amide bonds. The van der Waals surface area contributed by atoms with Gasteiger partial charge in [-0.2, -0.15) is 0 Å². The number of benzene rings is 1. The maximum Gasteiger partial charge on any atom is 0.193 e. The highest BCUT2D eigenvalue weighted by molar-refractivity contribution is 14.0. The SMILES string of the molecule is CCOC1CCN(C(=NC)NCc2cccc3cccnc23)CC1.I. The van der Waals surface area contributed by atoms with E-state index < -0.39 is 0 Å². The van der Waals surface area contributed by atoms with Crippen LogP contribution in [0.5, 0.6) is 0 Å². The number of rotatable bonds is 4. The molecular weight excluding hydrogens is 427 g/mol. The molecule has 0 radical (unpaired) electrons. The van der Waals surface area contributed by atoms with Crippen LogP contribution < -0.4 is 5.32 Å². The number of nitrogens with one attached hydrogen (secondary N) is 1. The van der Waals surface area contributed by atoms with Crippen LogP contribution in [0.1, 0.15) is 25.3 Å². The van der Waals surface area contributed by atoms with Gasteiger partial charge in [-0.3, -0.25) is 9.98 Å². The van der Waals surface area contributed by atoms with E-state index in [9.17, 15) is 0 Å². The molecule has 0 atom stereocenters. The minimum Gasteiger partial charge on any atom is -0.378 e. The molecule has 25 heavy (non-hydrogen) atoms. The van der Waals surface area contributed by atoms with Crippen LogP contribution in [0.2, 0.25) is 0 Å². The summed E-state index contributed by atoms with van der Waals surface area (Å²) in [7, 11) is 1.85. The van der Waals surface area contributed by atoms with Gasteiger partial charge < -0.3 is 15.0 Å². The van der Waals surface area contributed by atoms with Gasteiger partial charge in [0.25, 0.3) is 0 Å². The molecule has 0 saturated carbocycles. The summed E-state index contributed by atoms with van der Waals surface area (Å²) in [6.45, 7) is 5.56. The van der Waals surface area contributed by atoms with E-state index in [2.05, 4.69) is 51.4 Å². The van der Waals surface area contributed by atoms with Crippen molar-refractivity contribution in [1.29, 1.82) is 0 Å². The van der Waals surface area contributed by atoms with Crippen molar-refractivity contribution in [3.63, 3.8) is 0 Å². The smallest absolute Gasteiger partial charge is 0.193 e. The number of guanidine groups is 1. The predicted octanol–water partition coefficient (Wildman–Crippen LogP) is 3.43. The summed E-state index contributed by atoms with van der Waals surface area (Å²) in [6.07, 6.45) is 4.36. The number of para-hydroxylation sites is 1. The van der Waals surface area contributed by atoms with E-state index >= 15 is 0 Å². The van der Waals surface area contributed by atoms with Crippen LogP contribution in [0.3, 0.4) is 0 Å². The van der Waals surface area contributed by atoms with Crippen molar-refractivity contribution in [2.24, 2.45) is 4.99 Å². The molecule has 1 aliphatic rings. The average Bonchev–Trinajstić information content (AvgIpc) is 2.64. The van der Waals surface area contributed by atoms with Crippen LogP contribution >= 0.6 is 24.0 Å². The van der Waals surface area contributed by atoms with Gasteiger partial charge in [0, 0.05) is 44.9 Å². The summed E-state index contributed by atoms with van der Waals surface area (Å²) in [5, 5.41) is 4.66. The van der Waals surface area contributed by atoms with E-state index in [-0.39, 0.29) is 24.0 Å². The van der Waals surface area contributed by atoms with Gasteiger partial charge in [-0.25, -0.2) is 0 Å². The number of aliphatic imine (C=N–C) groups is 1. The summed E-state index contributed by atoms with van der Waals surface area (Å²) in [5.41, 5.74) is 2.25. The third kappa shape index (κ3) is 5.04. The Balaban J connectivity index is 0.00000225. The lowest BCUT2D eigenvalue weighted by atomic mass is 10.1. The molecule has 1 fully saturated rings. The molecule has 1 aliphatic heterocycles. The summed E-state index contributed by atoms with van der Waals surface area (Å²) in [4.78, 5) is 11.3. The molecule has 1 N–H and O–H groups in total. The fraction of sp³-hybridized carbons (Fsp3) is 0.474. The number of piperidine rings is 1. The number of ether oxygens (including phenoxy) is 1. The first-order valence-corrected chi connectivity index (χ1v) is 8.71. The quantitative estimate of drug-likeness (QED) is 0.437. The number of aromatic nitrogens is 1. The molecule has 2 aromatic rings. The highest BCUT2D eigenvalue weighted by atomic mass is 127. The molecule has 3 rings (SSSR count). The number of fused-ring (bicyclic) bond motifs is 1. The topological polar surface area (TPSA) is 49.8 Å². The van der Waals surface area contributed by atoms with Crippen LogP contribution in [0, 0.1) is 0 Å². The molecule has 136 valence electrons. The van der Waals surface area contributed by atoms with Crippen LogP contribution in [-0.2, 0) is 11.3 Å². The highest BCUT2D eigenvalue weighted by Crippen LogP contribution is 2.17. The van der Waals surface area contributed by atoms with E-state index in [4.69, 9.17) is 4.74 Å². The second kappa shape index (κ2) is 9.91. The largest absolute Gasteiger partial charge is 0.378 e. The van der Waals surface area contributed by atoms with Gasteiger partial charge >= 0.3 is 0 Å². The standard InChI is InChI=1S/C19H26N4O.HI/c1-3-24-17-9-12-23(13-10-17)19(20-2)22-14-16-7-4-6-15-8-5-11-21-18(15)16;/h4-8,11,17H,3,9-10,12-14H2,1-2H3,(H,20,22);1H. The Labute approximate surface area is 166 Å². The zero-order valence-corrected chi connectivity index (χ0v) is 17.3. The molecule has 1 aromatic carbocycles. The third-order valence-corrected chi connectivity index (χ3v) is 4.51. The average molecular weight is 454 g/mol. The van der Waals surface area contributed by atoms with Crippen LogP contribution in [0.25, 0.3) is 10.9 Å². The van der Waals surface area contributed by atoms with Crippen molar-refractivity contribution in [3.8, 4) is 0 Å². The zero-order valence-electron chi connectivity index (χ0n) is 14.9. The maximum atomic E-state index is 5.73. The molecule has 1 saturated heterocycles. The summed E-state index contributed by atoms with van der Waals surface area (Å²) in [6, 6.07) is 10.4. The van der Waals surface area contributed by atoms with Gasteiger partial charge in [-0.15, -0.1) is 24.0 Å². The number of pyridine rings is 1. The molecule has 0 bridgehead atoms. The number of hydrogen-bond acceptors (Lipinski definition) is 3. The summed E-state index contributed by atoms with van der Waals surface area (Å²) < 4.78 is 5.73. The van der Waals surface area contributed by atoms with Crippen LogP contribution in [0.15, 0.2) is 41.5 Å². The van der Waals surface area contributed by atoms with Crippen molar-refractivity contribution in [2.75, 3.05) is 26.7 Å².